The summed E-state index contributed by atoms with van der Waals surface area (Å²) in [6.45, 7) is 3.22. The van der Waals surface area contributed by atoms with Gasteiger partial charge in [0.05, 0.1) is 24.6 Å². The number of amides is 3. The molecule has 10 nitrogen and oxygen atoms in total. The number of alkyl halides is 2. The molecule has 2 aliphatic heterocycles. The molecule has 4 rings (SSSR count). The minimum absolute atomic E-state index is 0.128. The first kappa shape index (κ1) is 30.1. The smallest absolute Gasteiger partial charge is 0.407 e. The number of hydrogen-bond donors (Lipinski definition) is 3. The largest absolute Gasteiger partial charge is 0.497 e. The Morgan fingerprint density at radius 2 is 1.77 bits per heavy atom. The van der Waals surface area contributed by atoms with E-state index in [1.807, 2.05) is 35.2 Å². The number of ether oxygens (including phenoxy) is 1. The highest BCUT2D eigenvalue weighted by atomic mass is 19.3. The van der Waals surface area contributed by atoms with Crippen molar-refractivity contribution >= 4 is 23.6 Å². The third-order valence-electron chi connectivity index (χ3n) is 7.69. The fraction of sp³-hybridized carbons (Fsp3) is 0.630. The van der Waals surface area contributed by atoms with Crippen LogP contribution in [0.1, 0.15) is 58.3 Å². The van der Waals surface area contributed by atoms with Crippen LogP contribution in [0.4, 0.5) is 19.3 Å². The van der Waals surface area contributed by atoms with Crippen molar-refractivity contribution in [1.82, 2.24) is 10.2 Å². The molecule has 1 spiro atoms. The van der Waals surface area contributed by atoms with Crippen molar-refractivity contribution in [2.45, 2.75) is 75.8 Å². The molecule has 4 N–H and O–H groups in total. The first-order valence-corrected chi connectivity index (χ1v) is 13.2. The molecule has 2 saturated heterocycles. The van der Waals surface area contributed by atoms with E-state index in [-0.39, 0.29) is 17.7 Å². The average Bonchev–Trinajstić information content (AvgIpc) is 3.62. The highest BCUT2D eigenvalue weighted by Crippen LogP contribution is 2.43. The summed E-state index contributed by atoms with van der Waals surface area (Å²) in [5, 5.41) is 20.2. The summed E-state index contributed by atoms with van der Waals surface area (Å²) >= 11 is 0. The van der Waals surface area contributed by atoms with Crippen molar-refractivity contribution in [3.8, 4) is 11.8 Å². The Morgan fingerprint density at radius 1 is 1.18 bits per heavy atom. The number of halogens is 2. The molecule has 3 fully saturated rings. The number of carbonyl (C=O) groups is 3. The van der Waals surface area contributed by atoms with E-state index in [9.17, 15) is 23.2 Å². The summed E-state index contributed by atoms with van der Waals surface area (Å²) < 4.78 is 31.6. The van der Waals surface area contributed by atoms with Crippen molar-refractivity contribution in [2.24, 2.45) is 11.1 Å². The monoisotopic (exact) mass is 549 g/mol. The zero-order valence-corrected chi connectivity index (χ0v) is 22.4. The summed E-state index contributed by atoms with van der Waals surface area (Å²) in [5.74, 6) is -2.70. The van der Waals surface area contributed by atoms with Crippen molar-refractivity contribution in [2.75, 3.05) is 31.6 Å². The van der Waals surface area contributed by atoms with E-state index in [4.69, 9.17) is 20.8 Å². The lowest BCUT2D eigenvalue weighted by Gasteiger charge is -2.36. The van der Waals surface area contributed by atoms with Gasteiger partial charge in [0.25, 0.3) is 0 Å². The topological polar surface area (TPSA) is 149 Å². The number of nitrogens with one attached hydrogen (secondary N) is 1. The number of piperidine rings is 1. The van der Waals surface area contributed by atoms with Gasteiger partial charge in [0, 0.05) is 38.2 Å². The average molecular weight is 550 g/mol. The van der Waals surface area contributed by atoms with Gasteiger partial charge in [-0.15, -0.1) is 0 Å². The Labute approximate surface area is 227 Å². The van der Waals surface area contributed by atoms with Gasteiger partial charge in [0.1, 0.15) is 11.3 Å². The lowest BCUT2D eigenvalue weighted by Crippen LogP contribution is -2.48. The number of anilines is 1. The van der Waals surface area contributed by atoms with Crippen LogP contribution in [0.3, 0.4) is 0 Å². The van der Waals surface area contributed by atoms with Crippen molar-refractivity contribution in [3.63, 3.8) is 0 Å². The molecular formula is C27H37F2N5O5. The maximum absolute atomic E-state index is 13.2. The molecule has 0 unspecified atom stereocenters. The van der Waals surface area contributed by atoms with Crippen LogP contribution in [0.2, 0.25) is 0 Å². The van der Waals surface area contributed by atoms with Gasteiger partial charge in [0.2, 0.25) is 17.7 Å². The Bertz CT molecular complexity index is 1080. The van der Waals surface area contributed by atoms with Crippen molar-refractivity contribution < 1.29 is 33.0 Å². The minimum Gasteiger partial charge on any atom is -0.497 e. The molecule has 12 heteroatoms. The van der Waals surface area contributed by atoms with Gasteiger partial charge in [-0.1, -0.05) is 13.3 Å². The summed E-state index contributed by atoms with van der Waals surface area (Å²) in [6, 6.07) is 8.17. The Balaban J connectivity index is 0.000000224. The molecule has 2 heterocycles. The Hall–Kier alpha value is -3.46. The second-order valence-electron chi connectivity index (χ2n) is 10.6. The highest BCUT2D eigenvalue weighted by Gasteiger charge is 2.49. The molecule has 39 heavy (non-hydrogen) atoms. The van der Waals surface area contributed by atoms with Crippen LogP contribution in [0.15, 0.2) is 24.3 Å². The Morgan fingerprint density at radius 3 is 2.26 bits per heavy atom. The number of carbonyl (C=O) groups excluding carboxylic acids is 2. The summed E-state index contributed by atoms with van der Waals surface area (Å²) in [7, 11) is 1.61. The van der Waals surface area contributed by atoms with Gasteiger partial charge in [-0.05, 0) is 56.4 Å². The fourth-order valence-electron chi connectivity index (χ4n) is 5.02. The first-order valence-electron chi connectivity index (χ1n) is 13.2. The molecule has 0 radical (unpaired) electrons. The summed E-state index contributed by atoms with van der Waals surface area (Å²) in [5.41, 5.74) is 5.06. The molecule has 1 saturated carbocycles. The normalized spacial score (nSPS) is 19.9. The van der Waals surface area contributed by atoms with Crippen LogP contribution >= 0.6 is 0 Å². The quantitative estimate of drug-likeness (QED) is 0.449. The number of nitriles is 1. The van der Waals surface area contributed by atoms with E-state index < -0.39 is 35.9 Å². The van der Waals surface area contributed by atoms with Gasteiger partial charge in [-0.2, -0.15) is 5.26 Å². The summed E-state index contributed by atoms with van der Waals surface area (Å²) in [6.07, 6.45) is 1.64. The number of likely N-dealkylation sites (tertiary alicyclic amines) is 1. The van der Waals surface area contributed by atoms with Crippen LogP contribution in [0.25, 0.3) is 0 Å². The van der Waals surface area contributed by atoms with Crippen LogP contribution in [0, 0.1) is 16.7 Å². The third-order valence-corrected chi connectivity index (χ3v) is 7.69. The van der Waals surface area contributed by atoms with Crippen LogP contribution < -0.4 is 20.7 Å². The van der Waals surface area contributed by atoms with Gasteiger partial charge in [-0.3, -0.25) is 9.59 Å². The minimum atomic E-state index is -2.92. The molecule has 0 bridgehead atoms. The predicted octanol–water partition coefficient (Wildman–Crippen LogP) is 3.50. The lowest BCUT2D eigenvalue weighted by atomic mass is 9.77. The van der Waals surface area contributed by atoms with Crippen LogP contribution in [-0.4, -0.2) is 72.2 Å². The van der Waals surface area contributed by atoms with E-state index in [2.05, 4.69) is 5.32 Å². The van der Waals surface area contributed by atoms with Gasteiger partial charge < -0.3 is 30.7 Å². The van der Waals surface area contributed by atoms with E-state index in [1.165, 1.54) is 4.90 Å². The number of rotatable bonds is 8. The van der Waals surface area contributed by atoms with Crippen LogP contribution in [0.5, 0.6) is 5.75 Å². The van der Waals surface area contributed by atoms with E-state index in [1.54, 1.807) is 14.0 Å². The number of carboxylic acid groups (broad SMARTS) is 1. The van der Waals surface area contributed by atoms with Crippen molar-refractivity contribution in [3.05, 3.63) is 24.3 Å². The molecular weight excluding hydrogens is 512 g/mol. The summed E-state index contributed by atoms with van der Waals surface area (Å²) in [4.78, 5) is 38.6. The van der Waals surface area contributed by atoms with E-state index in [0.29, 0.717) is 51.7 Å². The zero-order chi connectivity index (χ0) is 28.8. The maximum Gasteiger partial charge on any atom is 0.407 e. The number of nitrogens with two attached hydrogens (primary N) is 1. The maximum atomic E-state index is 13.2. The number of benzene rings is 1. The number of hydrogen-bond acceptors (Lipinski definition) is 6. The zero-order valence-electron chi connectivity index (χ0n) is 22.4. The Kier molecular flexibility index (Phi) is 9.38. The molecule has 3 aliphatic rings. The van der Waals surface area contributed by atoms with Gasteiger partial charge in [0.15, 0.2) is 0 Å². The molecule has 1 aliphatic carbocycles. The second-order valence-corrected chi connectivity index (χ2v) is 10.6. The highest BCUT2D eigenvalue weighted by molar-refractivity contribution is 6.00. The lowest BCUT2D eigenvalue weighted by molar-refractivity contribution is -0.127. The molecule has 1 aromatic rings. The van der Waals surface area contributed by atoms with Crippen molar-refractivity contribution in [1.29, 1.82) is 5.26 Å². The fourth-order valence-corrected chi connectivity index (χ4v) is 5.02. The van der Waals surface area contributed by atoms with E-state index >= 15 is 0 Å². The molecule has 3 amide bonds. The molecule has 1 atom stereocenters. The number of methoxy groups -OCH3 is 1. The number of nitrogens with zero attached hydrogens (tertiary/aromatic N) is 3. The van der Waals surface area contributed by atoms with Gasteiger partial charge in [-0.25, -0.2) is 13.6 Å². The standard InChI is InChI=1S/C16H20N2O4.C11H17F2N3O/c1-22-13-4-2-12(3-5-13)18-11-8-16(14(18)19)6-9-17(10-7-16)15(20)21;1-2-3-11(12,13)6-8(15)9(17)16-10(7-14)4-5-10/h2-5H,6-11H2,1H3,(H,20,21);8H,2-6,15H2,1H3,(H,16,17)/t;8-/m.0/s1. The molecule has 214 valence electrons. The second kappa shape index (κ2) is 12.2. The SMILES string of the molecule is CCCC(F)(F)C[C@H](N)C(=O)NC1(C#N)CC1.COc1ccc(N2CCC3(CCN(C(=O)O)CC3)C2=O)cc1. The predicted molar refractivity (Wildman–Crippen MR) is 139 cm³/mol. The molecule has 1 aromatic carbocycles. The van der Waals surface area contributed by atoms with Crippen LogP contribution in [-0.2, 0) is 9.59 Å². The third kappa shape index (κ3) is 7.35. The first-order chi connectivity index (χ1) is 18.4. The van der Waals surface area contributed by atoms with Gasteiger partial charge >= 0.3 is 6.09 Å². The van der Waals surface area contributed by atoms with E-state index in [0.717, 1.165) is 17.9 Å². The molecule has 0 aromatic heterocycles.